The molecule has 0 bridgehead atoms. The van der Waals surface area contributed by atoms with E-state index < -0.39 is 5.60 Å². The zero-order valence-corrected chi connectivity index (χ0v) is 19.0. The lowest BCUT2D eigenvalue weighted by atomic mass is 9.96. The van der Waals surface area contributed by atoms with Crippen molar-refractivity contribution in [2.75, 3.05) is 39.3 Å². The van der Waals surface area contributed by atoms with Gasteiger partial charge in [-0.25, -0.2) is 4.99 Å². The van der Waals surface area contributed by atoms with Gasteiger partial charge in [-0.1, -0.05) is 36.4 Å². The Bertz CT molecular complexity index is 780. The predicted octanol–water partition coefficient (Wildman–Crippen LogP) is 2.97. The Hall–Kier alpha value is -1.93. The molecule has 0 amide bonds. The van der Waals surface area contributed by atoms with Crippen molar-refractivity contribution in [3.8, 4) is 0 Å². The summed E-state index contributed by atoms with van der Waals surface area (Å²) in [5.74, 6) is 0.719. The van der Waals surface area contributed by atoms with Gasteiger partial charge in [-0.05, 0) is 37.8 Å². The average molecular weight is 431 g/mol. The molecule has 7 heteroatoms. The highest BCUT2D eigenvalue weighted by Crippen LogP contribution is 2.26. The van der Waals surface area contributed by atoms with Gasteiger partial charge >= 0.3 is 0 Å². The summed E-state index contributed by atoms with van der Waals surface area (Å²) in [5, 5.41) is 19.8. The molecule has 0 aliphatic carbocycles. The van der Waals surface area contributed by atoms with E-state index in [0.29, 0.717) is 0 Å². The van der Waals surface area contributed by atoms with Gasteiger partial charge in [0.1, 0.15) is 5.60 Å². The fourth-order valence-electron chi connectivity index (χ4n) is 3.68. The second-order valence-electron chi connectivity index (χ2n) is 7.92. The largest absolute Gasteiger partial charge is 0.384 e. The second-order valence-corrected chi connectivity index (χ2v) is 8.90. The van der Waals surface area contributed by atoms with E-state index in [9.17, 15) is 5.11 Å². The third-order valence-corrected chi connectivity index (χ3v) is 6.31. The Morgan fingerprint density at radius 2 is 2.10 bits per heavy atom. The van der Waals surface area contributed by atoms with Crippen molar-refractivity contribution in [2.24, 2.45) is 4.99 Å². The van der Waals surface area contributed by atoms with E-state index in [2.05, 4.69) is 45.0 Å². The lowest BCUT2D eigenvalue weighted by Crippen LogP contribution is -2.48. The molecule has 0 saturated carbocycles. The number of ether oxygens (including phenoxy) is 1. The number of morpholine rings is 1. The van der Waals surface area contributed by atoms with Crippen LogP contribution in [0.15, 0.2) is 52.8 Å². The molecular weight excluding hydrogens is 396 g/mol. The second kappa shape index (κ2) is 10.9. The van der Waals surface area contributed by atoms with Crippen LogP contribution in [0.3, 0.4) is 0 Å². The van der Waals surface area contributed by atoms with Crippen LogP contribution < -0.4 is 10.6 Å². The van der Waals surface area contributed by atoms with E-state index in [1.165, 1.54) is 4.88 Å². The molecule has 1 aliphatic rings. The van der Waals surface area contributed by atoms with Crippen LogP contribution in [-0.4, -0.2) is 61.4 Å². The van der Waals surface area contributed by atoms with E-state index >= 15 is 0 Å². The first-order valence-electron chi connectivity index (χ1n) is 10.7. The molecule has 2 heterocycles. The SMILES string of the molecule is CCNC(=NCC(C)(O)c1ccccc1)NCC(c1cccs1)N1CCOC(C)C1. The Morgan fingerprint density at radius 1 is 1.30 bits per heavy atom. The maximum atomic E-state index is 10.9. The summed E-state index contributed by atoms with van der Waals surface area (Å²) in [6.45, 7) is 10.4. The van der Waals surface area contributed by atoms with Gasteiger partial charge in [0.2, 0.25) is 0 Å². The van der Waals surface area contributed by atoms with Crippen molar-refractivity contribution in [1.29, 1.82) is 0 Å². The zero-order valence-electron chi connectivity index (χ0n) is 18.2. The number of aliphatic hydroxyl groups is 1. The van der Waals surface area contributed by atoms with Crippen LogP contribution in [0.1, 0.15) is 37.3 Å². The van der Waals surface area contributed by atoms with Crippen LogP contribution in [0, 0.1) is 0 Å². The molecule has 3 atom stereocenters. The van der Waals surface area contributed by atoms with Gasteiger partial charge in [0.25, 0.3) is 0 Å². The molecule has 0 radical (unpaired) electrons. The van der Waals surface area contributed by atoms with Gasteiger partial charge in [0.15, 0.2) is 5.96 Å². The Balaban J connectivity index is 1.68. The van der Waals surface area contributed by atoms with Crippen molar-refractivity contribution >= 4 is 17.3 Å². The monoisotopic (exact) mass is 430 g/mol. The average Bonchev–Trinajstić information content (AvgIpc) is 3.27. The number of hydrogen-bond acceptors (Lipinski definition) is 5. The van der Waals surface area contributed by atoms with E-state index in [1.54, 1.807) is 18.3 Å². The molecular formula is C23H34N4O2S. The van der Waals surface area contributed by atoms with E-state index in [0.717, 1.165) is 44.3 Å². The van der Waals surface area contributed by atoms with Crippen LogP contribution in [-0.2, 0) is 10.3 Å². The number of benzene rings is 1. The van der Waals surface area contributed by atoms with Gasteiger partial charge in [-0.3, -0.25) is 4.90 Å². The Kier molecular flexibility index (Phi) is 8.27. The fraction of sp³-hybridized carbons (Fsp3) is 0.522. The molecule has 1 fully saturated rings. The topological polar surface area (TPSA) is 69.1 Å². The molecule has 3 unspecified atom stereocenters. The Labute approximate surface area is 184 Å². The number of rotatable bonds is 8. The molecule has 0 spiro atoms. The summed E-state index contributed by atoms with van der Waals surface area (Å²) < 4.78 is 5.74. The van der Waals surface area contributed by atoms with E-state index in [-0.39, 0.29) is 18.7 Å². The zero-order chi connectivity index (χ0) is 21.4. The highest BCUT2D eigenvalue weighted by molar-refractivity contribution is 7.10. The molecule has 1 aromatic heterocycles. The molecule has 2 aromatic rings. The standard InChI is InChI=1S/C23H34N4O2S/c1-4-24-22(26-17-23(3,28)19-9-6-5-7-10-19)25-15-20(21-11-8-14-30-21)27-12-13-29-18(2)16-27/h5-11,14,18,20,28H,4,12-13,15-17H2,1-3H3,(H2,24,25,26). The van der Waals surface area contributed by atoms with Crippen LogP contribution in [0.5, 0.6) is 0 Å². The fourth-order valence-corrected chi connectivity index (χ4v) is 4.54. The lowest BCUT2D eigenvalue weighted by molar-refractivity contribution is -0.0334. The van der Waals surface area contributed by atoms with Crippen LogP contribution in [0.4, 0.5) is 0 Å². The third kappa shape index (κ3) is 6.28. The predicted molar refractivity (Wildman–Crippen MR) is 124 cm³/mol. The van der Waals surface area contributed by atoms with Crippen molar-refractivity contribution in [3.05, 3.63) is 58.3 Å². The van der Waals surface area contributed by atoms with Gasteiger partial charge in [-0.15, -0.1) is 11.3 Å². The van der Waals surface area contributed by atoms with E-state index in [1.807, 2.05) is 37.3 Å². The summed E-state index contributed by atoms with van der Waals surface area (Å²) in [7, 11) is 0. The summed E-state index contributed by atoms with van der Waals surface area (Å²) in [6, 6.07) is 14.2. The smallest absolute Gasteiger partial charge is 0.191 e. The Morgan fingerprint density at radius 3 is 2.77 bits per heavy atom. The first-order valence-corrected chi connectivity index (χ1v) is 11.6. The summed E-state index contributed by atoms with van der Waals surface area (Å²) in [4.78, 5) is 8.50. The normalized spacial score (nSPS) is 21.1. The van der Waals surface area contributed by atoms with Crippen molar-refractivity contribution in [1.82, 2.24) is 15.5 Å². The molecule has 1 aromatic carbocycles. The lowest BCUT2D eigenvalue weighted by Gasteiger charge is -2.37. The van der Waals surface area contributed by atoms with Gasteiger partial charge in [-0.2, -0.15) is 0 Å². The number of nitrogens with one attached hydrogen (secondary N) is 2. The molecule has 1 saturated heterocycles. The minimum atomic E-state index is -1.02. The highest BCUT2D eigenvalue weighted by atomic mass is 32.1. The minimum Gasteiger partial charge on any atom is -0.384 e. The molecule has 164 valence electrons. The molecule has 6 nitrogen and oxygen atoms in total. The van der Waals surface area contributed by atoms with Crippen LogP contribution in [0.2, 0.25) is 0 Å². The molecule has 3 N–H and O–H groups in total. The summed E-state index contributed by atoms with van der Waals surface area (Å²) >= 11 is 1.78. The van der Waals surface area contributed by atoms with Gasteiger partial charge in [0.05, 0.1) is 25.3 Å². The molecule has 1 aliphatic heterocycles. The van der Waals surface area contributed by atoms with Crippen molar-refractivity contribution in [2.45, 2.75) is 38.5 Å². The maximum Gasteiger partial charge on any atom is 0.191 e. The first kappa shape index (κ1) is 22.7. The quantitative estimate of drug-likeness (QED) is 0.444. The number of aliphatic imine (C=N–C) groups is 1. The van der Waals surface area contributed by atoms with Crippen LogP contribution in [0.25, 0.3) is 0 Å². The number of hydrogen-bond donors (Lipinski definition) is 3. The third-order valence-electron chi connectivity index (χ3n) is 5.33. The number of thiophene rings is 1. The van der Waals surface area contributed by atoms with Crippen molar-refractivity contribution in [3.63, 3.8) is 0 Å². The van der Waals surface area contributed by atoms with E-state index in [4.69, 9.17) is 4.74 Å². The molecule has 30 heavy (non-hydrogen) atoms. The maximum absolute atomic E-state index is 10.9. The highest BCUT2D eigenvalue weighted by Gasteiger charge is 2.27. The number of guanidine groups is 1. The van der Waals surface area contributed by atoms with Gasteiger partial charge < -0.3 is 20.5 Å². The molecule has 3 rings (SSSR count). The summed E-state index contributed by atoms with van der Waals surface area (Å²) in [5.41, 5.74) is -0.153. The summed E-state index contributed by atoms with van der Waals surface area (Å²) in [6.07, 6.45) is 0.240. The first-order chi connectivity index (χ1) is 14.5. The minimum absolute atomic E-state index is 0.240. The van der Waals surface area contributed by atoms with Crippen LogP contribution >= 0.6 is 11.3 Å². The number of nitrogens with zero attached hydrogens (tertiary/aromatic N) is 2. The van der Waals surface area contributed by atoms with Gasteiger partial charge in [0, 0.05) is 31.1 Å². The van der Waals surface area contributed by atoms with Crippen molar-refractivity contribution < 1.29 is 9.84 Å².